The van der Waals surface area contributed by atoms with Crippen LogP contribution in [0.5, 0.6) is 0 Å². The molecule has 0 fully saturated rings. The van der Waals surface area contributed by atoms with Gasteiger partial charge in [0.2, 0.25) is 5.05 Å². The second-order valence-electron chi connectivity index (χ2n) is 2.52. The highest BCUT2D eigenvalue weighted by molar-refractivity contribution is 7.80. The molecule has 0 aromatic carbocycles. The summed E-state index contributed by atoms with van der Waals surface area (Å²) >= 11 is 4.30. The lowest BCUT2D eigenvalue weighted by atomic mass is 10.2. The van der Waals surface area contributed by atoms with E-state index in [4.69, 9.17) is 10.8 Å². The number of aliphatic hydroxyl groups excluding tert-OH is 1. The van der Waals surface area contributed by atoms with Crippen molar-refractivity contribution in [2.75, 3.05) is 6.54 Å². The molecule has 0 saturated heterocycles. The number of hydrogen-bond donors (Lipinski definition) is 2. The fourth-order valence-electron chi connectivity index (χ4n) is 0.206. The molecule has 0 spiro atoms. The molecule has 0 aliphatic rings. The van der Waals surface area contributed by atoms with E-state index in [1.54, 1.807) is 0 Å². The van der Waals surface area contributed by atoms with Crippen LogP contribution in [0.1, 0.15) is 27.2 Å². The molecule has 0 heterocycles. The standard InChI is InChI=1S/C6H8OS.C3H9N/c1-5(2)3-4-6(7)8;1-2-3-4/h5H,1-2H3,(H,7,8);2-4H2,1H3. The van der Waals surface area contributed by atoms with Crippen LogP contribution in [0.4, 0.5) is 0 Å². The highest BCUT2D eigenvalue weighted by atomic mass is 32.1. The monoisotopic (exact) mass is 187 g/mol. The van der Waals surface area contributed by atoms with E-state index in [-0.39, 0.29) is 11.0 Å². The van der Waals surface area contributed by atoms with Crippen LogP contribution in [0, 0.1) is 17.8 Å². The maximum atomic E-state index is 8.36. The Morgan fingerprint density at radius 1 is 1.58 bits per heavy atom. The first-order chi connectivity index (χ1) is 5.54. The Labute approximate surface area is 80.2 Å². The summed E-state index contributed by atoms with van der Waals surface area (Å²) in [5.74, 6) is 5.36. The van der Waals surface area contributed by atoms with Crippen LogP contribution in [0.15, 0.2) is 0 Å². The van der Waals surface area contributed by atoms with Gasteiger partial charge in [-0.3, -0.25) is 0 Å². The van der Waals surface area contributed by atoms with Crippen molar-refractivity contribution in [3.8, 4) is 11.8 Å². The summed E-state index contributed by atoms with van der Waals surface area (Å²) < 4.78 is 0. The van der Waals surface area contributed by atoms with E-state index >= 15 is 0 Å². The number of hydrogen-bond acceptors (Lipinski definition) is 2. The molecule has 0 aliphatic heterocycles. The molecule has 0 radical (unpaired) electrons. The molecule has 0 rings (SSSR count). The predicted molar refractivity (Wildman–Crippen MR) is 57.2 cm³/mol. The van der Waals surface area contributed by atoms with E-state index in [2.05, 4.69) is 31.0 Å². The van der Waals surface area contributed by atoms with Crippen LogP contribution in [0.3, 0.4) is 0 Å². The van der Waals surface area contributed by atoms with Gasteiger partial charge in [-0.05, 0) is 31.1 Å². The van der Waals surface area contributed by atoms with Crippen molar-refractivity contribution >= 4 is 17.3 Å². The van der Waals surface area contributed by atoms with Gasteiger partial charge in [-0.15, -0.1) is 0 Å². The molecule has 0 bridgehead atoms. The lowest BCUT2D eigenvalue weighted by Gasteiger charge is -1.84. The van der Waals surface area contributed by atoms with Crippen LogP contribution in [-0.2, 0) is 0 Å². The molecule has 12 heavy (non-hydrogen) atoms. The third-order valence-electron chi connectivity index (χ3n) is 0.756. The fourth-order valence-corrected chi connectivity index (χ4v) is 0.265. The molecule has 0 atom stereocenters. The van der Waals surface area contributed by atoms with Gasteiger partial charge in [-0.25, -0.2) is 0 Å². The van der Waals surface area contributed by atoms with Crippen LogP contribution in [0.2, 0.25) is 0 Å². The van der Waals surface area contributed by atoms with E-state index in [1.165, 1.54) is 0 Å². The SMILES string of the molecule is CC(C)C#CC(O)=S.CCCN. The van der Waals surface area contributed by atoms with E-state index in [0.29, 0.717) is 0 Å². The van der Waals surface area contributed by atoms with Crippen molar-refractivity contribution in [2.45, 2.75) is 27.2 Å². The molecular formula is C9H17NOS. The zero-order valence-electron chi connectivity index (χ0n) is 7.92. The van der Waals surface area contributed by atoms with Crippen molar-refractivity contribution in [3.05, 3.63) is 0 Å². The zero-order valence-corrected chi connectivity index (χ0v) is 8.74. The minimum Gasteiger partial charge on any atom is -0.493 e. The summed E-state index contributed by atoms with van der Waals surface area (Å²) in [4.78, 5) is 0. The first-order valence-electron chi connectivity index (χ1n) is 3.99. The molecule has 0 unspecified atom stereocenters. The molecule has 3 heteroatoms. The largest absolute Gasteiger partial charge is 0.493 e. The minimum absolute atomic E-state index is 0.223. The van der Waals surface area contributed by atoms with Gasteiger partial charge < -0.3 is 10.8 Å². The van der Waals surface area contributed by atoms with Crippen LogP contribution < -0.4 is 5.73 Å². The summed E-state index contributed by atoms with van der Waals surface area (Å²) in [5.41, 5.74) is 5.03. The third-order valence-corrected chi connectivity index (χ3v) is 0.859. The predicted octanol–water partition coefficient (Wildman–Crippen LogP) is 1.89. The van der Waals surface area contributed by atoms with Crippen molar-refractivity contribution < 1.29 is 5.11 Å². The number of thiocarbonyl (C=S) groups is 1. The van der Waals surface area contributed by atoms with Crippen LogP contribution in [-0.4, -0.2) is 16.7 Å². The molecule has 0 aliphatic carbocycles. The number of aliphatic hydroxyl groups is 1. The molecule has 70 valence electrons. The summed E-state index contributed by atoms with van der Waals surface area (Å²) in [6.07, 6.45) is 1.10. The van der Waals surface area contributed by atoms with Crippen molar-refractivity contribution in [3.63, 3.8) is 0 Å². The van der Waals surface area contributed by atoms with Gasteiger partial charge in [0.05, 0.1) is 0 Å². The number of nitrogens with two attached hydrogens (primary N) is 1. The van der Waals surface area contributed by atoms with Gasteiger partial charge in [0.15, 0.2) is 0 Å². The van der Waals surface area contributed by atoms with Crippen LogP contribution in [0.25, 0.3) is 0 Å². The van der Waals surface area contributed by atoms with Crippen molar-refractivity contribution in [1.82, 2.24) is 0 Å². The maximum absolute atomic E-state index is 8.36. The van der Waals surface area contributed by atoms with Gasteiger partial charge in [0.25, 0.3) is 0 Å². The Balaban J connectivity index is 0. The molecule has 0 aromatic heterocycles. The quantitative estimate of drug-likeness (QED) is 0.487. The summed E-state index contributed by atoms with van der Waals surface area (Å²) in [6.45, 7) is 6.75. The molecule has 3 N–H and O–H groups in total. The minimum atomic E-state index is -0.223. The molecule has 0 saturated carbocycles. The average molecular weight is 187 g/mol. The van der Waals surface area contributed by atoms with Gasteiger partial charge >= 0.3 is 0 Å². The topological polar surface area (TPSA) is 46.2 Å². The average Bonchev–Trinajstić information content (AvgIpc) is 2.01. The Hall–Kier alpha value is -0.590. The highest BCUT2D eigenvalue weighted by Gasteiger charge is 1.81. The Kier molecular flexibility index (Phi) is 12.1. The highest BCUT2D eigenvalue weighted by Crippen LogP contribution is 1.84. The van der Waals surface area contributed by atoms with Gasteiger partial charge in [-0.1, -0.05) is 26.7 Å². The molecular weight excluding hydrogens is 170 g/mol. The number of rotatable bonds is 1. The second-order valence-corrected chi connectivity index (χ2v) is 2.90. The first kappa shape index (κ1) is 14.0. The lowest BCUT2D eigenvalue weighted by Crippen LogP contribution is -1.93. The van der Waals surface area contributed by atoms with Gasteiger partial charge in [-0.2, -0.15) is 0 Å². The Morgan fingerprint density at radius 3 is 2.08 bits per heavy atom. The zero-order chi connectivity index (χ0) is 9.98. The summed E-state index contributed by atoms with van der Waals surface area (Å²) in [5, 5.41) is 8.14. The van der Waals surface area contributed by atoms with E-state index in [1.807, 2.05) is 13.8 Å². The molecule has 0 aromatic rings. The third kappa shape index (κ3) is 22.7. The van der Waals surface area contributed by atoms with E-state index < -0.39 is 0 Å². The summed E-state index contributed by atoms with van der Waals surface area (Å²) in [7, 11) is 0. The van der Waals surface area contributed by atoms with E-state index in [9.17, 15) is 0 Å². The first-order valence-corrected chi connectivity index (χ1v) is 4.39. The molecule has 2 nitrogen and oxygen atoms in total. The second kappa shape index (κ2) is 10.4. The normalized spacial score (nSPS) is 7.75. The maximum Gasteiger partial charge on any atom is 0.234 e. The Morgan fingerprint density at radius 2 is 2.00 bits per heavy atom. The lowest BCUT2D eigenvalue weighted by molar-refractivity contribution is 0.577. The van der Waals surface area contributed by atoms with Gasteiger partial charge in [0.1, 0.15) is 0 Å². The fraction of sp³-hybridized carbons (Fsp3) is 0.667. The molecule has 0 amide bonds. The van der Waals surface area contributed by atoms with Crippen molar-refractivity contribution in [1.29, 1.82) is 0 Å². The van der Waals surface area contributed by atoms with Gasteiger partial charge in [0, 0.05) is 5.92 Å². The Bertz CT molecular complexity index is 165. The smallest absolute Gasteiger partial charge is 0.234 e. The van der Waals surface area contributed by atoms with E-state index in [0.717, 1.165) is 13.0 Å². The summed E-state index contributed by atoms with van der Waals surface area (Å²) in [6, 6.07) is 0. The van der Waals surface area contributed by atoms with Crippen LogP contribution >= 0.6 is 12.2 Å². The van der Waals surface area contributed by atoms with Crippen molar-refractivity contribution in [2.24, 2.45) is 11.7 Å².